The number of nitrogens with one attached hydrogen (secondary N) is 1. The summed E-state index contributed by atoms with van der Waals surface area (Å²) in [6.07, 6.45) is 1.52. The number of carbonyl (C=O) groups excluding carboxylic acids is 1. The van der Waals surface area contributed by atoms with Crippen LogP contribution in [0.15, 0.2) is 12.8 Å². The van der Waals surface area contributed by atoms with Gasteiger partial charge in [0.05, 0.1) is 6.04 Å². The van der Waals surface area contributed by atoms with Crippen molar-refractivity contribution in [3.63, 3.8) is 0 Å². The number of hydrogen-bond donors (Lipinski definition) is 1. The fraction of sp³-hybridized carbons (Fsp3) is 0.500. The van der Waals surface area contributed by atoms with Gasteiger partial charge < -0.3 is 5.32 Å². The molecule has 1 N–H and O–H groups in total. The van der Waals surface area contributed by atoms with Gasteiger partial charge in [-0.2, -0.15) is 0 Å². The monoisotopic (exact) mass is 113 g/mol. The summed E-state index contributed by atoms with van der Waals surface area (Å²) >= 11 is 0. The first-order valence-electron chi connectivity index (χ1n) is 2.56. The molecule has 0 spiro atoms. The van der Waals surface area contributed by atoms with Crippen molar-refractivity contribution in [2.24, 2.45) is 0 Å². The molecule has 2 nitrogen and oxygen atoms in total. The largest absolute Gasteiger partial charge is 0.382 e. The zero-order valence-electron chi connectivity index (χ0n) is 5.27. The molecule has 0 amide bonds. The molecule has 0 aliphatic rings. The summed E-state index contributed by atoms with van der Waals surface area (Å²) in [5.74, 6) is 0.130. The highest BCUT2D eigenvalue weighted by molar-refractivity contribution is 5.81. The van der Waals surface area contributed by atoms with Crippen molar-refractivity contribution in [2.75, 3.05) is 0 Å². The molecule has 0 aliphatic heterocycles. The van der Waals surface area contributed by atoms with E-state index in [0.717, 1.165) is 0 Å². The maximum absolute atomic E-state index is 10.4. The van der Waals surface area contributed by atoms with Crippen LogP contribution < -0.4 is 5.32 Å². The topological polar surface area (TPSA) is 29.1 Å². The van der Waals surface area contributed by atoms with Crippen LogP contribution >= 0.6 is 0 Å². The van der Waals surface area contributed by atoms with Crippen molar-refractivity contribution in [2.45, 2.75) is 19.9 Å². The summed E-state index contributed by atoms with van der Waals surface area (Å²) in [6, 6.07) is -0.0903. The first-order chi connectivity index (χ1) is 3.68. The average molecular weight is 113 g/mol. The number of carbonyl (C=O) groups is 1. The van der Waals surface area contributed by atoms with Gasteiger partial charge in [-0.1, -0.05) is 6.58 Å². The van der Waals surface area contributed by atoms with Crippen LogP contribution in [0.3, 0.4) is 0 Å². The molecule has 0 heterocycles. The highest BCUT2D eigenvalue weighted by atomic mass is 16.1. The predicted octanol–water partition coefficient (Wildman–Crippen LogP) is 0.697. The van der Waals surface area contributed by atoms with Gasteiger partial charge in [0, 0.05) is 0 Å². The molecule has 0 radical (unpaired) electrons. The van der Waals surface area contributed by atoms with E-state index >= 15 is 0 Å². The first-order valence-corrected chi connectivity index (χ1v) is 2.56. The summed E-state index contributed by atoms with van der Waals surface area (Å²) in [5, 5.41) is 2.76. The predicted molar refractivity (Wildman–Crippen MR) is 33.5 cm³/mol. The second-order valence-electron chi connectivity index (χ2n) is 1.70. The molecule has 1 atom stereocenters. The molecule has 0 saturated carbocycles. The summed E-state index contributed by atoms with van der Waals surface area (Å²) in [4.78, 5) is 10.4. The highest BCUT2D eigenvalue weighted by Crippen LogP contribution is 1.80. The van der Waals surface area contributed by atoms with Crippen molar-refractivity contribution in [1.29, 1.82) is 0 Å². The third-order valence-electron chi connectivity index (χ3n) is 0.978. The number of hydrogen-bond acceptors (Lipinski definition) is 2. The molecule has 0 rings (SSSR count). The smallest absolute Gasteiger partial charge is 0.151 e. The summed E-state index contributed by atoms with van der Waals surface area (Å²) in [5.41, 5.74) is 0. The van der Waals surface area contributed by atoms with Crippen LogP contribution in [0.25, 0.3) is 0 Å². The van der Waals surface area contributed by atoms with E-state index in [0.29, 0.717) is 0 Å². The van der Waals surface area contributed by atoms with E-state index in [9.17, 15) is 4.79 Å². The molecule has 0 aliphatic carbocycles. The van der Waals surface area contributed by atoms with Crippen molar-refractivity contribution in [1.82, 2.24) is 5.32 Å². The molecular formula is C6H11NO. The van der Waals surface area contributed by atoms with Crippen LogP contribution in [-0.4, -0.2) is 11.8 Å². The van der Waals surface area contributed by atoms with E-state index in [1.807, 2.05) is 0 Å². The second kappa shape index (κ2) is 3.24. The molecule has 46 valence electrons. The Labute approximate surface area is 49.6 Å². The maximum Gasteiger partial charge on any atom is 0.151 e. The minimum atomic E-state index is -0.0903. The van der Waals surface area contributed by atoms with Crippen LogP contribution in [0.5, 0.6) is 0 Å². The fourth-order valence-electron chi connectivity index (χ4n) is 0.294. The lowest BCUT2D eigenvalue weighted by molar-refractivity contribution is -0.118. The lowest BCUT2D eigenvalue weighted by Gasteiger charge is -2.04. The molecule has 0 aromatic carbocycles. The zero-order chi connectivity index (χ0) is 6.57. The molecule has 0 bridgehead atoms. The Kier molecular flexibility index (Phi) is 2.92. The van der Waals surface area contributed by atoms with E-state index in [1.54, 1.807) is 13.8 Å². The Bertz CT molecular complexity index is 98.7. The third-order valence-corrected chi connectivity index (χ3v) is 0.978. The van der Waals surface area contributed by atoms with Crippen LogP contribution in [0, 0.1) is 0 Å². The van der Waals surface area contributed by atoms with Crippen molar-refractivity contribution >= 4 is 5.78 Å². The Hall–Kier alpha value is -0.790. The minimum Gasteiger partial charge on any atom is -0.382 e. The van der Waals surface area contributed by atoms with Crippen LogP contribution in [-0.2, 0) is 4.79 Å². The molecule has 0 saturated heterocycles. The molecule has 8 heavy (non-hydrogen) atoms. The normalized spacial score (nSPS) is 12.2. The second-order valence-corrected chi connectivity index (χ2v) is 1.70. The van der Waals surface area contributed by atoms with Crippen molar-refractivity contribution < 1.29 is 4.79 Å². The Morgan fingerprint density at radius 3 is 2.50 bits per heavy atom. The van der Waals surface area contributed by atoms with E-state index in [2.05, 4.69) is 11.9 Å². The minimum absolute atomic E-state index is 0.0903. The van der Waals surface area contributed by atoms with E-state index in [-0.39, 0.29) is 11.8 Å². The Balaban J connectivity index is 3.46. The van der Waals surface area contributed by atoms with Crippen LogP contribution in [0.4, 0.5) is 0 Å². The number of rotatable bonds is 3. The lowest BCUT2D eigenvalue weighted by atomic mass is 10.2. The molecule has 0 aromatic rings. The maximum atomic E-state index is 10.4. The molecule has 0 aromatic heterocycles. The van der Waals surface area contributed by atoms with E-state index < -0.39 is 0 Å². The number of Topliss-reactive ketones (excluding diaryl/α,β-unsaturated/α-hetero) is 1. The van der Waals surface area contributed by atoms with Gasteiger partial charge in [-0.3, -0.25) is 4.79 Å². The standard InChI is InChI=1S/C6H11NO/c1-4-7-5(2)6(3)8/h4-5,7H,1H2,2-3H3. The van der Waals surface area contributed by atoms with Crippen molar-refractivity contribution in [3.8, 4) is 0 Å². The summed E-state index contributed by atoms with van der Waals surface area (Å²) in [6.45, 7) is 6.76. The van der Waals surface area contributed by atoms with Gasteiger partial charge in [0.1, 0.15) is 0 Å². The fourth-order valence-corrected chi connectivity index (χ4v) is 0.294. The van der Waals surface area contributed by atoms with Gasteiger partial charge in [0.2, 0.25) is 0 Å². The third kappa shape index (κ3) is 2.39. The van der Waals surface area contributed by atoms with Gasteiger partial charge in [0.15, 0.2) is 5.78 Å². The SMILES string of the molecule is C=CNC(C)C(C)=O. The van der Waals surface area contributed by atoms with Crippen LogP contribution in [0.1, 0.15) is 13.8 Å². The molecular weight excluding hydrogens is 102 g/mol. The Morgan fingerprint density at radius 1 is 1.88 bits per heavy atom. The van der Waals surface area contributed by atoms with Gasteiger partial charge >= 0.3 is 0 Å². The Morgan fingerprint density at radius 2 is 2.38 bits per heavy atom. The van der Waals surface area contributed by atoms with Gasteiger partial charge in [-0.05, 0) is 20.0 Å². The van der Waals surface area contributed by atoms with Gasteiger partial charge in [0.25, 0.3) is 0 Å². The van der Waals surface area contributed by atoms with Crippen molar-refractivity contribution in [3.05, 3.63) is 12.8 Å². The van der Waals surface area contributed by atoms with E-state index in [4.69, 9.17) is 0 Å². The first kappa shape index (κ1) is 7.21. The van der Waals surface area contributed by atoms with Gasteiger partial charge in [-0.25, -0.2) is 0 Å². The van der Waals surface area contributed by atoms with E-state index in [1.165, 1.54) is 6.20 Å². The highest BCUT2D eigenvalue weighted by Gasteiger charge is 2.01. The molecule has 2 heteroatoms. The summed E-state index contributed by atoms with van der Waals surface area (Å²) < 4.78 is 0. The van der Waals surface area contributed by atoms with Crippen LogP contribution in [0.2, 0.25) is 0 Å². The lowest BCUT2D eigenvalue weighted by Crippen LogP contribution is -2.27. The zero-order valence-corrected chi connectivity index (χ0v) is 5.27. The quantitative estimate of drug-likeness (QED) is 0.583. The summed E-state index contributed by atoms with van der Waals surface area (Å²) in [7, 11) is 0. The average Bonchev–Trinajstić information content (AvgIpc) is 1.67. The molecule has 0 fully saturated rings. The molecule has 1 unspecified atom stereocenters. The van der Waals surface area contributed by atoms with Gasteiger partial charge in [-0.15, -0.1) is 0 Å². The number of ketones is 1.